The molecular formula is C22H29N3O. The third kappa shape index (κ3) is 4.64. The number of nitrogens with one attached hydrogen (secondary N) is 1. The van der Waals surface area contributed by atoms with Crippen LogP contribution in [0.2, 0.25) is 0 Å². The molecule has 3 rings (SSSR count). The number of fused-ring (bicyclic) bond motifs is 1. The standard InChI is InChI=1S/C22H29N3O/c1-16(2)9-11-24-14-17-3-5-18(6-4-17)15-25-12-10-19-13-20(22(23)26)7-8-21(19)25/h3-8,13,16,24H,9-12,14-15H2,1-2H3,(H2,23,26). The fourth-order valence-electron chi connectivity index (χ4n) is 3.39. The number of benzene rings is 2. The van der Waals surface area contributed by atoms with E-state index in [1.54, 1.807) is 0 Å². The van der Waals surface area contributed by atoms with Crippen molar-refractivity contribution in [1.82, 2.24) is 5.32 Å². The van der Waals surface area contributed by atoms with E-state index in [1.807, 2.05) is 18.2 Å². The molecule has 1 aliphatic rings. The fraction of sp³-hybridized carbons (Fsp3) is 0.409. The van der Waals surface area contributed by atoms with Crippen LogP contribution < -0.4 is 16.0 Å². The molecule has 1 amide bonds. The molecule has 2 aromatic rings. The number of anilines is 1. The second kappa shape index (κ2) is 8.37. The first-order chi connectivity index (χ1) is 12.5. The quantitative estimate of drug-likeness (QED) is 0.716. The van der Waals surface area contributed by atoms with E-state index >= 15 is 0 Å². The van der Waals surface area contributed by atoms with Crippen LogP contribution in [0, 0.1) is 5.92 Å². The van der Waals surface area contributed by atoms with Crippen molar-refractivity contribution in [2.75, 3.05) is 18.0 Å². The van der Waals surface area contributed by atoms with Crippen LogP contribution in [0.1, 0.15) is 47.3 Å². The average molecular weight is 351 g/mol. The zero-order chi connectivity index (χ0) is 18.5. The van der Waals surface area contributed by atoms with Crippen LogP contribution in [0.25, 0.3) is 0 Å². The van der Waals surface area contributed by atoms with Crippen LogP contribution in [0.4, 0.5) is 5.69 Å². The molecule has 4 nitrogen and oxygen atoms in total. The number of amides is 1. The van der Waals surface area contributed by atoms with Gasteiger partial charge in [-0.1, -0.05) is 38.1 Å². The number of rotatable bonds is 8. The van der Waals surface area contributed by atoms with E-state index in [4.69, 9.17) is 5.73 Å². The highest BCUT2D eigenvalue weighted by atomic mass is 16.1. The van der Waals surface area contributed by atoms with Crippen LogP contribution in [0.15, 0.2) is 42.5 Å². The summed E-state index contributed by atoms with van der Waals surface area (Å²) in [6.45, 7) is 8.37. The smallest absolute Gasteiger partial charge is 0.248 e. The number of nitrogens with zero attached hydrogens (tertiary/aromatic N) is 1. The molecule has 0 aliphatic carbocycles. The number of carbonyl (C=O) groups is 1. The molecule has 0 saturated heterocycles. The van der Waals surface area contributed by atoms with Gasteiger partial charge in [0, 0.05) is 30.9 Å². The van der Waals surface area contributed by atoms with Crippen molar-refractivity contribution >= 4 is 11.6 Å². The zero-order valence-corrected chi connectivity index (χ0v) is 15.8. The second-order valence-electron chi connectivity index (χ2n) is 7.56. The van der Waals surface area contributed by atoms with Crippen molar-refractivity contribution in [2.45, 2.75) is 39.8 Å². The Kier molecular flexibility index (Phi) is 5.94. The first kappa shape index (κ1) is 18.5. The Hall–Kier alpha value is -2.33. The highest BCUT2D eigenvalue weighted by molar-refractivity contribution is 5.93. The molecule has 0 unspecified atom stereocenters. The number of hydrogen-bond donors (Lipinski definition) is 2. The molecule has 1 aliphatic heterocycles. The van der Waals surface area contributed by atoms with Gasteiger partial charge in [0.25, 0.3) is 0 Å². The molecule has 26 heavy (non-hydrogen) atoms. The van der Waals surface area contributed by atoms with Crippen molar-refractivity contribution in [2.24, 2.45) is 11.7 Å². The van der Waals surface area contributed by atoms with Crippen LogP contribution in [0.5, 0.6) is 0 Å². The number of hydrogen-bond acceptors (Lipinski definition) is 3. The maximum absolute atomic E-state index is 11.3. The van der Waals surface area contributed by atoms with Crippen LogP contribution >= 0.6 is 0 Å². The summed E-state index contributed by atoms with van der Waals surface area (Å²) in [7, 11) is 0. The van der Waals surface area contributed by atoms with Gasteiger partial charge in [-0.3, -0.25) is 4.79 Å². The minimum atomic E-state index is -0.358. The van der Waals surface area contributed by atoms with Gasteiger partial charge in [-0.25, -0.2) is 0 Å². The van der Waals surface area contributed by atoms with Gasteiger partial charge in [-0.05, 0) is 60.2 Å². The maximum atomic E-state index is 11.3. The molecule has 4 heteroatoms. The van der Waals surface area contributed by atoms with Gasteiger partial charge in [-0.15, -0.1) is 0 Å². The monoisotopic (exact) mass is 351 g/mol. The van der Waals surface area contributed by atoms with Crippen molar-refractivity contribution in [3.05, 3.63) is 64.7 Å². The maximum Gasteiger partial charge on any atom is 0.248 e. The topological polar surface area (TPSA) is 58.4 Å². The van der Waals surface area contributed by atoms with Gasteiger partial charge in [0.15, 0.2) is 0 Å². The summed E-state index contributed by atoms with van der Waals surface area (Å²) in [6, 6.07) is 14.6. The van der Waals surface area contributed by atoms with E-state index in [2.05, 4.69) is 48.3 Å². The Morgan fingerprint density at radius 2 is 1.88 bits per heavy atom. The fourth-order valence-corrected chi connectivity index (χ4v) is 3.39. The van der Waals surface area contributed by atoms with Gasteiger partial charge < -0.3 is 16.0 Å². The Morgan fingerprint density at radius 3 is 2.58 bits per heavy atom. The third-order valence-electron chi connectivity index (χ3n) is 4.98. The normalized spacial score (nSPS) is 13.3. The summed E-state index contributed by atoms with van der Waals surface area (Å²) >= 11 is 0. The summed E-state index contributed by atoms with van der Waals surface area (Å²) in [5.41, 5.74) is 11.0. The van der Waals surface area contributed by atoms with Gasteiger partial charge in [0.05, 0.1) is 0 Å². The zero-order valence-electron chi connectivity index (χ0n) is 15.8. The number of carbonyl (C=O) groups excluding carboxylic acids is 1. The average Bonchev–Trinajstić information content (AvgIpc) is 3.02. The lowest BCUT2D eigenvalue weighted by Gasteiger charge is -2.20. The summed E-state index contributed by atoms with van der Waals surface area (Å²) in [6.07, 6.45) is 2.18. The van der Waals surface area contributed by atoms with Crippen molar-refractivity contribution in [1.29, 1.82) is 0 Å². The summed E-state index contributed by atoms with van der Waals surface area (Å²) < 4.78 is 0. The van der Waals surface area contributed by atoms with Crippen LogP contribution in [-0.4, -0.2) is 19.0 Å². The molecule has 0 saturated carbocycles. The number of primary amides is 1. The lowest BCUT2D eigenvalue weighted by molar-refractivity contribution is 0.1000. The summed E-state index contributed by atoms with van der Waals surface area (Å²) in [4.78, 5) is 13.7. The minimum Gasteiger partial charge on any atom is -0.367 e. The molecule has 0 radical (unpaired) electrons. The lowest BCUT2D eigenvalue weighted by Crippen LogP contribution is -2.20. The van der Waals surface area contributed by atoms with Gasteiger partial charge >= 0.3 is 0 Å². The van der Waals surface area contributed by atoms with E-state index in [0.717, 1.165) is 38.5 Å². The molecule has 0 bridgehead atoms. The third-order valence-corrected chi connectivity index (χ3v) is 4.98. The Labute approximate surface area is 156 Å². The molecule has 0 aromatic heterocycles. The van der Waals surface area contributed by atoms with Crippen LogP contribution in [-0.2, 0) is 19.5 Å². The molecule has 138 valence electrons. The van der Waals surface area contributed by atoms with Crippen molar-refractivity contribution < 1.29 is 4.79 Å². The van der Waals surface area contributed by atoms with Crippen molar-refractivity contribution in [3.63, 3.8) is 0 Å². The Bertz CT molecular complexity index is 752. The summed E-state index contributed by atoms with van der Waals surface area (Å²) in [5, 5.41) is 3.50. The van der Waals surface area contributed by atoms with Gasteiger partial charge in [-0.2, -0.15) is 0 Å². The predicted octanol–water partition coefficient (Wildman–Crippen LogP) is 3.48. The van der Waals surface area contributed by atoms with E-state index in [1.165, 1.54) is 28.8 Å². The second-order valence-corrected chi connectivity index (χ2v) is 7.56. The van der Waals surface area contributed by atoms with E-state index in [9.17, 15) is 4.79 Å². The minimum absolute atomic E-state index is 0.358. The predicted molar refractivity (Wildman–Crippen MR) is 107 cm³/mol. The Balaban J connectivity index is 1.57. The molecule has 3 N–H and O–H groups in total. The molecular weight excluding hydrogens is 322 g/mol. The molecule has 1 heterocycles. The van der Waals surface area contributed by atoms with E-state index in [0.29, 0.717) is 5.56 Å². The number of nitrogens with two attached hydrogens (primary N) is 1. The molecule has 0 atom stereocenters. The van der Waals surface area contributed by atoms with Crippen LogP contribution in [0.3, 0.4) is 0 Å². The summed E-state index contributed by atoms with van der Waals surface area (Å²) in [5.74, 6) is 0.385. The first-order valence-electron chi connectivity index (χ1n) is 9.49. The lowest BCUT2D eigenvalue weighted by atomic mass is 10.1. The SMILES string of the molecule is CC(C)CCNCc1ccc(CN2CCc3cc(C(N)=O)ccc32)cc1. The van der Waals surface area contributed by atoms with Gasteiger partial charge in [0.2, 0.25) is 5.91 Å². The van der Waals surface area contributed by atoms with Gasteiger partial charge in [0.1, 0.15) is 0 Å². The first-order valence-corrected chi connectivity index (χ1v) is 9.49. The molecule has 2 aromatic carbocycles. The van der Waals surface area contributed by atoms with E-state index in [-0.39, 0.29) is 5.91 Å². The van der Waals surface area contributed by atoms with E-state index < -0.39 is 0 Å². The van der Waals surface area contributed by atoms with Crippen molar-refractivity contribution in [3.8, 4) is 0 Å². The Morgan fingerprint density at radius 1 is 1.15 bits per heavy atom. The highest BCUT2D eigenvalue weighted by Gasteiger charge is 2.20. The molecule has 0 spiro atoms. The highest BCUT2D eigenvalue weighted by Crippen LogP contribution is 2.30. The largest absolute Gasteiger partial charge is 0.367 e. The molecule has 0 fully saturated rings.